The summed E-state index contributed by atoms with van der Waals surface area (Å²) >= 11 is 3.64. The van der Waals surface area contributed by atoms with Crippen LogP contribution in [0.3, 0.4) is 0 Å². The molecule has 3 atom stereocenters. The van der Waals surface area contributed by atoms with Crippen LogP contribution < -0.4 is 4.74 Å². The highest BCUT2D eigenvalue weighted by molar-refractivity contribution is 9.09. The third-order valence-corrected chi connectivity index (χ3v) is 5.71. The second kappa shape index (κ2) is 5.12. The van der Waals surface area contributed by atoms with Crippen LogP contribution in [0.2, 0.25) is 0 Å². The Labute approximate surface area is 121 Å². The second-order valence-corrected chi connectivity index (χ2v) is 6.45. The van der Waals surface area contributed by atoms with E-state index < -0.39 is 0 Å². The van der Waals surface area contributed by atoms with Crippen molar-refractivity contribution in [2.45, 2.75) is 44.5 Å². The number of nitrogens with zero attached hydrogens (tertiary/aromatic N) is 1. The van der Waals surface area contributed by atoms with Crippen molar-refractivity contribution >= 4 is 21.6 Å². The van der Waals surface area contributed by atoms with Gasteiger partial charge < -0.3 is 4.74 Å². The first-order valence-corrected chi connectivity index (χ1v) is 7.36. The van der Waals surface area contributed by atoms with Gasteiger partial charge >= 0.3 is 5.69 Å². The number of rotatable bonds is 4. The maximum atomic E-state index is 11.1. The lowest BCUT2D eigenvalue weighted by Gasteiger charge is -2.50. The van der Waals surface area contributed by atoms with Crippen molar-refractivity contribution < 1.29 is 9.66 Å². The molecule has 19 heavy (non-hydrogen) atoms. The Kier molecular flexibility index (Phi) is 3.85. The monoisotopic (exact) mass is 327 g/mol. The average Bonchev–Trinajstić information content (AvgIpc) is 2.37. The largest absolute Gasteiger partial charge is 0.483 e. The highest BCUT2D eigenvalue weighted by Crippen LogP contribution is 2.50. The minimum absolute atomic E-state index is 0.0300. The number of nitro groups is 1. The molecular weight excluding hydrogens is 310 g/mol. The zero-order valence-corrected chi connectivity index (χ0v) is 12.9. The highest BCUT2D eigenvalue weighted by atomic mass is 79.9. The summed E-state index contributed by atoms with van der Waals surface area (Å²) in [5.41, 5.74) is 0.756. The molecule has 0 saturated heterocycles. The maximum Gasteiger partial charge on any atom is 0.313 e. The SMILES string of the molecule is CCC1(C)C(Br)CC1Oc1cccc(C)c1[N+](=O)[O-]. The Morgan fingerprint density at radius 1 is 1.58 bits per heavy atom. The van der Waals surface area contributed by atoms with E-state index in [0.717, 1.165) is 12.8 Å². The Hall–Kier alpha value is -1.10. The Morgan fingerprint density at radius 3 is 2.79 bits per heavy atom. The van der Waals surface area contributed by atoms with Crippen molar-refractivity contribution in [1.82, 2.24) is 0 Å². The molecule has 1 aliphatic rings. The van der Waals surface area contributed by atoms with Crippen LogP contribution in [-0.2, 0) is 0 Å². The number of hydrogen-bond donors (Lipinski definition) is 0. The summed E-state index contributed by atoms with van der Waals surface area (Å²) in [6.07, 6.45) is 1.89. The summed E-state index contributed by atoms with van der Waals surface area (Å²) in [6.45, 7) is 6.01. The molecule has 0 spiro atoms. The van der Waals surface area contributed by atoms with Crippen LogP contribution in [0, 0.1) is 22.5 Å². The van der Waals surface area contributed by atoms with Gasteiger partial charge in [0.15, 0.2) is 5.75 Å². The first-order valence-electron chi connectivity index (χ1n) is 6.45. The quantitative estimate of drug-likeness (QED) is 0.472. The summed E-state index contributed by atoms with van der Waals surface area (Å²) in [7, 11) is 0. The first-order chi connectivity index (χ1) is 8.90. The van der Waals surface area contributed by atoms with Crippen molar-refractivity contribution in [1.29, 1.82) is 0 Å². The molecule has 4 nitrogen and oxygen atoms in total. The Balaban J connectivity index is 2.26. The molecule has 0 radical (unpaired) electrons. The van der Waals surface area contributed by atoms with Gasteiger partial charge in [0.2, 0.25) is 0 Å². The topological polar surface area (TPSA) is 52.4 Å². The molecule has 1 aliphatic carbocycles. The molecule has 1 aromatic carbocycles. The minimum atomic E-state index is -0.363. The number of benzene rings is 1. The minimum Gasteiger partial charge on any atom is -0.483 e. The molecule has 1 fully saturated rings. The lowest BCUT2D eigenvalue weighted by atomic mass is 9.65. The molecule has 0 aliphatic heterocycles. The van der Waals surface area contributed by atoms with E-state index in [4.69, 9.17) is 4.74 Å². The summed E-state index contributed by atoms with van der Waals surface area (Å²) in [6, 6.07) is 5.21. The lowest BCUT2D eigenvalue weighted by molar-refractivity contribution is -0.386. The van der Waals surface area contributed by atoms with Gasteiger partial charge in [-0.1, -0.05) is 41.9 Å². The highest BCUT2D eigenvalue weighted by Gasteiger charge is 2.51. The van der Waals surface area contributed by atoms with Gasteiger partial charge in [-0.15, -0.1) is 0 Å². The smallest absolute Gasteiger partial charge is 0.313 e. The number of hydrogen-bond acceptors (Lipinski definition) is 3. The molecule has 0 N–H and O–H groups in total. The van der Waals surface area contributed by atoms with Gasteiger partial charge in [0, 0.05) is 15.8 Å². The Bertz CT molecular complexity index is 505. The number of halogens is 1. The second-order valence-electron chi connectivity index (χ2n) is 5.35. The number of ether oxygens (including phenoxy) is 1. The van der Waals surface area contributed by atoms with Gasteiger partial charge in [-0.3, -0.25) is 10.1 Å². The molecule has 104 valence electrons. The van der Waals surface area contributed by atoms with Crippen molar-refractivity contribution in [2.75, 3.05) is 0 Å². The summed E-state index contributed by atoms with van der Waals surface area (Å²) < 4.78 is 5.93. The van der Waals surface area contributed by atoms with Crippen LogP contribution >= 0.6 is 15.9 Å². The van der Waals surface area contributed by atoms with Gasteiger partial charge in [-0.2, -0.15) is 0 Å². The van der Waals surface area contributed by atoms with E-state index in [9.17, 15) is 10.1 Å². The molecule has 0 bridgehead atoms. The van der Waals surface area contributed by atoms with E-state index in [0.29, 0.717) is 16.1 Å². The number of nitro benzene ring substituents is 1. The van der Waals surface area contributed by atoms with E-state index in [2.05, 4.69) is 29.8 Å². The molecule has 2 rings (SSSR count). The summed E-state index contributed by atoms with van der Waals surface area (Å²) in [4.78, 5) is 11.2. The maximum absolute atomic E-state index is 11.1. The fourth-order valence-corrected chi connectivity index (χ4v) is 3.47. The standard InChI is InChI=1S/C14H18BrNO3/c1-4-14(3)11(15)8-12(14)19-10-7-5-6-9(2)13(10)16(17)18/h5-7,11-12H,4,8H2,1-3H3. The fourth-order valence-electron chi connectivity index (χ4n) is 2.51. The molecular formula is C14H18BrNO3. The van der Waals surface area contributed by atoms with Crippen molar-refractivity contribution in [3.05, 3.63) is 33.9 Å². The van der Waals surface area contributed by atoms with Crippen molar-refractivity contribution in [3.63, 3.8) is 0 Å². The molecule has 5 heteroatoms. The van der Waals surface area contributed by atoms with E-state index in [-0.39, 0.29) is 22.1 Å². The normalized spacial score (nSPS) is 29.7. The molecule has 3 unspecified atom stereocenters. The molecule has 1 aromatic rings. The summed E-state index contributed by atoms with van der Waals surface area (Å²) in [5.74, 6) is 0.383. The molecule has 0 heterocycles. The van der Waals surface area contributed by atoms with Gasteiger partial charge in [0.05, 0.1) is 4.92 Å². The summed E-state index contributed by atoms with van der Waals surface area (Å²) in [5, 5.41) is 11.1. The van der Waals surface area contributed by atoms with Crippen LogP contribution in [0.4, 0.5) is 5.69 Å². The number of aryl methyl sites for hydroxylation is 1. The van der Waals surface area contributed by atoms with Crippen LogP contribution in [0.1, 0.15) is 32.3 Å². The van der Waals surface area contributed by atoms with Crippen molar-refractivity contribution in [2.24, 2.45) is 5.41 Å². The van der Waals surface area contributed by atoms with Crippen LogP contribution in [0.5, 0.6) is 5.75 Å². The van der Waals surface area contributed by atoms with Gasteiger partial charge in [0.1, 0.15) is 6.10 Å². The third-order valence-electron chi connectivity index (χ3n) is 4.29. The molecule has 0 amide bonds. The van der Waals surface area contributed by atoms with Gasteiger partial charge in [0.25, 0.3) is 0 Å². The van der Waals surface area contributed by atoms with Gasteiger partial charge in [-0.25, -0.2) is 0 Å². The van der Waals surface area contributed by atoms with Gasteiger partial charge in [-0.05, 0) is 25.8 Å². The number of alkyl halides is 1. The predicted octanol–water partition coefficient (Wildman–Crippen LogP) is 4.23. The average molecular weight is 328 g/mol. The van der Waals surface area contributed by atoms with Crippen LogP contribution in [-0.4, -0.2) is 15.9 Å². The first kappa shape index (κ1) is 14.3. The van der Waals surface area contributed by atoms with Crippen LogP contribution in [0.25, 0.3) is 0 Å². The zero-order chi connectivity index (χ0) is 14.2. The fraction of sp³-hybridized carbons (Fsp3) is 0.571. The predicted molar refractivity (Wildman–Crippen MR) is 78.0 cm³/mol. The Morgan fingerprint density at radius 2 is 2.26 bits per heavy atom. The van der Waals surface area contributed by atoms with E-state index in [1.807, 2.05) is 0 Å². The van der Waals surface area contributed by atoms with E-state index in [1.165, 1.54) is 0 Å². The van der Waals surface area contributed by atoms with Crippen molar-refractivity contribution in [3.8, 4) is 5.75 Å². The third kappa shape index (κ3) is 2.36. The van der Waals surface area contributed by atoms with E-state index in [1.54, 1.807) is 25.1 Å². The zero-order valence-electron chi connectivity index (χ0n) is 11.4. The van der Waals surface area contributed by atoms with E-state index >= 15 is 0 Å². The lowest BCUT2D eigenvalue weighted by Crippen LogP contribution is -2.54. The molecule has 1 saturated carbocycles. The molecule has 0 aromatic heterocycles. The number of para-hydroxylation sites is 1. The van der Waals surface area contributed by atoms with Crippen LogP contribution in [0.15, 0.2) is 18.2 Å².